The highest BCUT2D eigenvalue weighted by Crippen LogP contribution is 2.50. The molecular formula is C31H28N2O4S2. The van der Waals surface area contributed by atoms with Crippen LogP contribution in [0.5, 0.6) is 0 Å². The van der Waals surface area contributed by atoms with Crippen LogP contribution in [0.15, 0.2) is 51.2 Å². The Hall–Kier alpha value is -3.67. The maximum atomic E-state index is 13.4. The quantitative estimate of drug-likeness (QED) is 0.161. The minimum atomic E-state index is -1.25. The Balaban J connectivity index is 1.44. The van der Waals surface area contributed by atoms with Gasteiger partial charge in [-0.05, 0) is 71.7 Å². The SMILES string of the molecule is CC1(C)Cc2cc3cc(-c4ccc(-c5ccc(C=C(C#N)C(=O)O)s5)s4)c(=O)oc3c3c2N(CCC3(C)C)C1. The number of aliphatic carboxylic acids is 1. The summed E-state index contributed by atoms with van der Waals surface area (Å²) in [4.78, 5) is 30.5. The smallest absolute Gasteiger partial charge is 0.346 e. The zero-order valence-electron chi connectivity index (χ0n) is 22.3. The average Bonchev–Trinajstić information content (AvgIpc) is 3.53. The normalized spacial score (nSPS) is 17.6. The molecule has 4 aromatic rings. The van der Waals surface area contributed by atoms with Gasteiger partial charge in [-0.25, -0.2) is 9.59 Å². The molecule has 0 aliphatic carbocycles. The molecule has 1 aromatic carbocycles. The second kappa shape index (κ2) is 8.94. The Morgan fingerprint density at radius 1 is 1.10 bits per heavy atom. The van der Waals surface area contributed by atoms with E-state index in [1.807, 2.05) is 24.3 Å². The second-order valence-electron chi connectivity index (χ2n) is 11.9. The first-order valence-corrected chi connectivity index (χ1v) is 14.5. The molecule has 3 aromatic heterocycles. The fourth-order valence-electron chi connectivity index (χ4n) is 5.97. The molecule has 6 rings (SSSR count). The van der Waals surface area contributed by atoms with E-state index in [0.717, 1.165) is 51.5 Å². The number of carboxylic acids is 1. The van der Waals surface area contributed by atoms with Gasteiger partial charge in [-0.15, -0.1) is 22.7 Å². The third-order valence-corrected chi connectivity index (χ3v) is 10.1. The van der Waals surface area contributed by atoms with Crippen molar-refractivity contribution in [1.29, 1.82) is 5.26 Å². The number of hydrogen-bond donors (Lipinski definition) is 1. The summed E-state index contributed by atoms with van der Waals surface area (Å²) in [5.74, 6) is -1.25. The summed E-state index contributed by atoms with van der Waals surface area (Å²) in [7, 11) is 0. The van der Waals surface area contributed by atoms with Crippen molar-refractivity contribution >= 4 is 51.4 Å². The first-order chi connectivity index (χ1) is 18.5. The number of anilines is 1. The molecule has 5 heterocycles. The zero-order valence-corrected chi connectivity index (χ0v) is 23.9. The van der Waals surface area contributed by atoms with Crippen LogP contribution >= 0.6 is 22.7 Å². The molecule has 8 heteroatoms. The van der Waals surface area contributed by atoms with Crippen molar-refractivity contribution in [3.8, 4) is 26.3 Å². The molecule has 39 heavy (non-hydrogen) atoms. The van der Waals surface area contributed by atoms with E-state index in [9.17, 15) is 9.59 Å². The molecule has 198 valence electrons. The second-order valence-corrected chi connectivity index (χ2v) is 14.1. The minimum absolute atomic E-state index is 0.0908. The molecule has 2 aliphatic rings. The van der Waals surface area contributed by atoms with Crippen molar-refractivity contribution in [2.75, 3.05) is 18.0 Å². The van der Waals surface area contributed by atoms with E-state index in [1.165, 1.54) is 40.0 Å². The topological polar surface area (TPSA) is 94.5 Å². The lowest BCUT2D eigenvalue weighted by atomic mass is 9.71. The molecule has 1 N–H and O–H groups in total. The first-order valence-electron chi connectivity index (χ1n) is 12.9. The summed E-state index contributed by atoms with van der Waals surface area (Å²) in [6, 6.07) is 13.5. The van der Waals surface area contributed by atoms with Crippen LogP contribution in [-0.2, 0) is 16.6 Å². The van der Waals surface area contributed by atoms with E-state index in [4.69, 9.17) is 14.8 Å². The zero-order chi connectivity index (χ0) is 27.7. The number of fused-ring (bicyclic) bond motifs is 2. The van der Waals surface area contributed by atoms with Crippen LogP contribution in [0.4, 0.5) is 5.69 Å². The van der Waals surface area contributed by atoms with Crippen molar-refractivity contribution in [3.05, 3.63) is 68.4 Å². The summed E-state index contributed by atoms with van der Waals surface area (Å²) in [5.41, 5.74) is 4.43. The molecule has 0 unspecified atom stereocenters. The van der Waals surface area contributed by atoms with Crippen LogP contribution in [0.3, 0.4) is 0 Å². The van der Waals surface area contributed by atoms with Crippen molar-refractivity contribution in [3.63, 3.8) is 0 Å². The lowest BCUT2D eigenvalue weighted by molar-refractivity contribution is -0.132. The van der Waals surface area contributed by atoms with Crippen LogP contribution < -0.4 is 10.5 Å². The average molecular weight is 557 g/mol. The van der Waals surface area contributed by atoms with Gasteiger partial charge in [-0.1, -0.05) is 27.7 Å². The Kier molecular flexibility index (Phi) is 5.87. The molecular weight excluding hydrogens is 528 g/mol. The third kappa shape index (κ3) is 4.40. The van der Waals surface area contributed by atoms with Gasteiger partial charge in [0, 0.05) is 49.2 Å². The molecule has 0 saturated heterocycles. The molecule has 0 saturated carbocycles. The minimum Gasteiger partial charge on any atom is -0.477 e. The van der Waals surface area contributed by atoms with E-state index >= 15 is 0 Å². The van der Waals surface area contributed by atoms with Crippen LogP contribution in [0.1, 0.15) is 50.1 Å². The first kappa shape index (κ1) is 25.6. The number of hydrogen-bond acceptors (Lipinski definition) is 7. The molecule has 2 aliphatic heterocycles. The van der Waals surface area contributed by atoms with Gasteiger partial charge in [0.05, 0.1) is 5.56 Å². The van der Waals surface area contributed by atoms with Crippen LogP contribution in [-0.4, -0.2) is 24.2 Å². The van der Waals surface area contributed by atoms with Crippen molar-refractivity contribution in [2.45, 2.75) is 46.0 Å². The number of nitriles is 1. The number of nitrogens with zero attached hydrogens (tertiary/aromatic N) is 2. The maximum Gasteiger partial charge on any atom is 0.346 e. The van der Waals surface area contributed by atoms with E-state index in [1.54, 1.807) is 12.1 Å². The van der Waals surface area contributed by atoms with Crippen LogP contribution in [0.2, 0.25) is 0 Å². The van der Waals surface area contributed by atoms with E-state index in [-0.39, 0.29) is 22.0 Å². The van der Waals surface area contributed by atoms with Gasteiger partial charge in [0.1, 0.15) is 17.2 Å². The molecule has 0 amide bonds. The van der Waals surface area contributed by atoms with Crippen LogP contribution in [0, 0.1) is 16.7 Å². The van der Waals surface area contributed by atoms with Crippen molar-refractivity contribution in [2.24, 2.45) is 5.41 Å². The predicted octanol–water partition coefficient (Wildman–Crippen LogP) is 7.31. The van der Waals surface area contributed by atoms with Gasteiger partial charge in [0.2, 0.25) is 0 Å². The highest BCUT2D eigenvalue weighted by atomic mass is 32.1. The standard InChI is InChI=1S/C31H28N2O4S2/c1-30(2)14-18-11-17-13-21(29(36)37-27(17)25-26(18)33(16-30)10-9-31(25,3)4)22-7-8-24(39-22)23-6-5-20(38-23)12-19(15-32)28(34)35/h5-8,11-13H,9-10,14,16H2,1-4H3,(H,34,35). The molecule has 0 bridgehead atoms. The van der Waals surface area contributed by atoms with E-state index < -0.39 is 5.97 Å². The molecule has 0 radical (unpaired) electrons. The van der Waals surface area contributed by atoms with E-state index in [2.05, 4.69) is 38.7 Å². The number of benzene rings is 1. The molecule has 0 spiro atoms. The number of carbonyl (C=O) groups is 1. The number of rotatable bonds is 4. The molecule has 0 fully saturated rings. The monoisotopic (exact) mass is 556 g/mol. The van der Waals surface area contributed by atoms with Crippen molar-refractivity contribution in [1.82, 2.24) is 0 Å². The molecule has 0 atom stereocenters. The Bertz CT molecular complexity index is 1800. The summed E-state index contributed by atoms with van der Waals surface area (Å²) in [5, 5.41) is 19.1. The summed E-state index contributed by atoms with van der Waals surface area (Å²) in [6.45, 7) is 11.1. The number of thiophene rings is 2. The predicted molar refractivity (Wildman–Crippen MR) is 158 cm³/mol. The van der Waals surface area contributed by atoms with Gasteiger partial charge in [-0.3, -0.25) is 0 Å². The highest BCUT2D eigenvalue weighted by molar-refractivity contribution is 7.24. The largest absolute Gasteiger partial charge is 0.477 e. The van der Waals surface area contributed by atoms with Crippen LogP contribution in [0.25, 0.3) is 37.2 Å². The highest BCUT2D eigenvalue weighted by Gasteiger charge is 2.41. The van der Waals surface area contributed by atoms with Gasteiger partial charge in [0.15, 0.2) is 0 Å². The lowest BCUT2D eigenvalue weighted by Crippen LogP contribution is -2.46. The van der Waals surface area contributed by atoms with Gasteiger partial charge >= 0.3 is 11.6 Å². The van der Waals surface area contributed by atoms with Crippen molar-refractivity contribution < 1.29 is 14.3 Å². The summed E-state index contributed by atoms with van der Waals surface area (Å²) < 4.78 is 6.14. The maximum absolute atomic E-state index is 13.4. The van der Waals surface area contributed by atoms with Gasteiger partial charge < -0.3 is 14.4 Å². The Labute approximate surface area is 234 Å². The Morgan fingerprint density at radius 2 is 1.82 bits per heavy atom. The molecule has 6 nitrogen and oxygen atoms in total. The Morgan fingerprint density at radius 3 is 2.56 bits per heavy atom. The lowest BCUT2D eigenvalue weighted by Gasteiger charge is -2.48. The number of carboxylic acid groups (broad SMARTS) is 1. The fourth-order valence-corrected chi connectivity index (χ4v) is 8.02. The fraction of sp³-hybridized carbons (Fsp3) is 0.323. The van der Waals surface area contributed by atoms with Gasteiger partial charge in [0.25, 0.3) is 0 Å². The summed E-state index contributed by atoms with van der Waals surface area (Å²) >= 11 is 2.90. The van der Waals surface area contributed by atoms with Gasteiger partial charge in [-0.2, -0.15) is 5.26 Å². The van der Waals surface area contributed by atoms with E-state index in [0.29, 0.717) is 16.0 Å². The summed E-state index contributed by atoms with van der Waals surface area (Å²) in [6.07, 6.45) is 3.37. The third-order valence-electron chi connectivity index (χ3n) is 7.74.